The van der Waals surface area contributed by atoms with Gasteiger partial charge >= 0.3 is 12.1 Å². The molecule has 0 aliphatic rings. The van der Waals surface area contributed by atoms with Crippen molar-refractivity contribution in [2.45, 2.75) is 40.8 Å². The number of rotatable bonds is 2. The molecular formula is C19H20BF4NO4. The highest BCUT2D eigenvalue weighted by atomic mass is 19.4. The average Bonchev–Trinajstić information content (AvgIpc) is 2.58. The van der Waals surface area contributed by atoms with Crippen molar-refractivity contribution in [1.29, 1.82) is 0 Å². The maximum absolute atomic E-state index is 13.4. The number of hydrogen-bond acceptors (Lipinski definition) is 3. The van der Waals surface area contributed by atoms with Crippen molar-refractivity contribution in [3.05, 3.63) is 57.3 Å². The molecule has 5 nitrogen and oxygen atoms in total. The molecule has 0 amide bonds. The van der Waals surface area contributed by atoms with E-state index >= 15 is 0 Å². The van der Waals surface area contributed by atoms with Gasteiger partial charge in [-0.05, 0) is 50.6 Å². The number of benzene rings is 1. The second kappa shape index (κ2) is 10.6. The molecule has 0 fully saturated rings. The highest BCUT2D eigenvalue weighted by Gasteiger charge is 2.36. The molecule has 0 bridgehead atoms. The molecule has 0 aliphatic carbocycles. The molecule has 0 saturated carbocycles. The summed E-state index contributed by atoms with van der Waals surface area (Å²) in [6, 6.07) is 2.77. The zero-order valence-electron chi connectivity index (χ0n) is 16.5. The number of aryl methyl sites for hydroxylation is 1. The first-order valence-corrected chi connectivity index (χ1v) is 8.37. The summed E-state index contributed by atoms with van der Waals surface area (Å²) in [5, 5.41) is 8.92. The first-order chi connectivity index (χ1) is 13.3. The standard InChI is InChI=1S/C14H8BF4NO3.C3H6O.C2H6/c1-6-4-9(16)8(15)5-10(6)20-11(14(17,18)19)3-2-7(12(20)21)13(22)23;1-3(2)4;1-2/h2-5H,1H3,(H,22,23);1-2H3;1-2H3. The lowest BCUT2D eigenvalue weighted by Crippen LogP contribution is -2.32. The van der Waals surface area contributed by atoms with Crippen LogP contribution in [-0.4, -0.2) is 29.3 Å². The molecule has 1 N–H and O–H groups in total. The lowest BCUT2D eigenvalue weighted by atomic mass is 9.93. The largest absolute Gasteiger partial charge is 0.477 e. The summed E-state index contributed by atoms with van der Waals surface area (Å²) in [6.07, 6.45) is -4.92. The average molecular weight is 413 g/mol. The summed E-state index contributed by atoms with van der Waals surface area (Å²) in [4.78, 5) is 32.6. The van der Waals surface area contributed by atoms with E-state index in [1.807, 2.05) is 13.8 Å². The molecule has 1 aromatic carbocycles. The molecule has 0 unspecified atom stereocenters. The van der Waals surface area contributed by atoms with Gasteiger partial charge in [-0.2, -0.15) is 13.2 Å². The molecule has 2 aromatic rings. The minimum atomic E-state index is -4.92. The highest BCUT2D eigenvalue weighted by molar-refractivity contribution is 6.32. The molecule has 0 aliphatic heterocycles. The topological polar surface area (TPSA) is 76.4 Å². The number of carboxylic acids is 1. The van der Waals surface area contributed by atoms with Gasteiger partial charge in [0.15, 0.2) is 0 Å². The van der Waals surface area contributed by atoms with E-state index in [0.717, 1.165) is 12.1 Å². The number of aromatic carboxylic acids is 1. The molecule has 1 aromatic heterocycles. The maximum atomic E-state index is 13.4. The summed E-state index contributed by atoms with van der Waals surface area (Å²) in [5.41, 5.74) is -4.44. The Hall–Kier alpha value is -2.91. The van der Waals surface area contributed by atoms with E-state index in [9.17, 15) is 31.9 Å². The third-order valence-corrected chi connectivity index (χ3v) is 3.16. The van der Waals surface area contributed by atoms with Crippen LogP contribution < -0.4 is 11.0 Å². The second-order valence-electron chi connectivity index (χ2n) is 5.64. The number of pyridine rings is 1. The zero-order chi connectivity index (χ0) is 23.1. The summed E-state index contributed by atoms with van der Waals surface area (Å²) < 4.78 is 53.0. The van der Waals surface area contributed by atoms with Crippen LogP contribution in [0.2, 0.25) is 0 Å². The Morgan fingerprint density at radius 1 is 1.10 bits per heavy atom. The van der Waals surface area contributed by atoms with Gasteiger partial charge in [-0.1, -0.05) is 19.3 Å². The van der Waals surface area contributed by atoms with Crippen molar-refractivity contribution in [3.63, 3.8) is 0 Å². The fourth-order valence-corrected chi connectivity index (χ4v) is 2.08. The number of aromatic nitrogens is 1. The number of nitrogens with zero attached hydrogens (tertiary/aromatic N) is 1. The van der Waals surface area contributed by atoms with Crippen LogP contribution in [0.1, 0.15) is 49.3 Å². The van der Waals surface area contributed by atoms with E-state index in [1.165, 1.54) is 20.8 Å². The van der Waals surface area contributed by atoms with Gasteiger partial charge in [0.25, 0.3) is 5.56 Å². The highest BCUT2D eigenvalue weighted by Crippen LogP contribution is 2.30. The van der Waals surface area contributed by atoms with Crippen molar-refractivity contribution < 1.29 is 32.3 Å². The van der Waals surface area contributed by atoms with E-state index in [0.29, 0.717) is 12.1 Å². The number of halogens is 4. The molecule has 2 rings (SSSR count). The number of Topliss-reactive ketones (excluding diaryl/α,β-unsaturated/α-hetero) is 1. The Labute approximate surface area is 166 Å². The van der Waals surface area contributed by atoms with Crippen LogP contribution in [0.5, 0.6) is 0 Å². The van der Waals surface area contributed by atoms with Crippen molar-refractivity contribution in [1.82, 2.24) is 4.57 Å². The normalized spacial score (nSPS) is 10.2. The van der Waals surface area contributed by atoms with Crippen molar-refractivity contribution in [2.75, 3.05) is 0 Å². The molecule has 2 radical (unpaired) electrons. The third kappa shape index (κ3) is 6.88. The summed E-state index contributed by atoms with van der Waals surface area (Å²) >= 11 is 0. The molecular weight excluding hydrogens is 393 g/mol. The van der Waals surface area contributed by atoms with Gasteiger partial charge in [0, 0.05) is 0 Å². The van der Waals surface area contributed by atoms with Crippen LogP contribution >= 0.6 is 0 Å². The van der Waals surface area contributed by atoms with Gasteiger partial charge in [-0.25, -0.2) is 9.18 Å². The Morgan fingerprint density at radius 3 is 2.00 bits per heavy atom. The number of carbonyl (C=O) groups excluding carboxylic acids is 1. The van der Waals surface area contributed by atoms with E-state index in [1.54, 1.807) is 0 Å². The van der Waals surface area contributed by atoms with Crippen molar-refractivity contribution >= 4 is 25.1 Å². The van der Waals surface area contributed by atoms with Crippen LogP contribution in [0.4, 0.5) is 17.6 Å². The van der Waals surface area contributed by atoms with Crippen LogP contribution in [0.25, 0.3) is 5.69 Å². The molecule has 29 heavy (non-hydrogen) atoms. The Bertz CT molecular complexity index is 948. The number of alkyl halides is 3. The van der Waals surface area contributed by atoms with E-state index in [2.05, 4.69) is 0 Å². The molecule has 10 heteroatoms. The van der Waals surface area contributed by atoms with E-state index in [4.69, 9.17) is 13.0 Å². The maximum Gasteiger partial charge on any atom is 0.431 e. The van der Waals surface area contributed by atoms with Gasteiger partial charge in [-0.3, -0.25) is 9.36 Å². The van der Waals surface area contributed by atoms with Crippen molar-refractivity contribution in [3.8, 4) is 5.69 Å². The number of ketones is 1. The Kier molecular flexibility index (Phi) is 9.53. The lowest BCUT2D eigenvalue weighted by molar-refractivity contribution is -0.142. The van der Waals surface area contributed by atoms with Gasteiger partial charge in [0.2, 0.25) is 0 Å². The number of hydrogen-bond donors (Lipinski definition) is 1. The minimum absolute atomic E-state index is 0.00756. The van der Waals surface area contributed by atoms with Gasteiger partial charge in [-0.15, -0.1) is 0 Å². The van der Waals surface area contributed by atoms with Crippen LogP contribution in [0.3, 0.4) is 0 Å². The lowest BCUT2D eigenvalue weighted by Gasteiger charge is -2.18. The fourth-order valence-electron chi connectivity index (χ4n) is 2.08. The van der Waals surface area contributed by atoms with Crippen LogP contribution in [0.15, 0.2) is 29.1 Å². The Balaban J connectivity index is 0.00000116. The fraction of sp³-hybridized carbons (Fsp3) is 0.316. The molecule has 0 atom stereocenters. The molecule has 156 valence electrons. The monoisotopic (exact) mass is 413 g/mol. The smallest absolute Gasteiger partial charge is 0.431 e. The van der Waals surface area contributed by atoms with Crippen LogP contribution in [0, 0.1) is 12.7 Å². The first kappa shape index (κ1) is 26.1. The summed E-state index contributed by atoms with van der Waals surface area (Å²) in [7, 11) is 5.35. The predicted molar refractivity (Wildman–Crippen MR) is 102 cm³/mol. The van der Waals surface area contributed by atoms with Gasteiger partial charge in [0.1, 0.15) is 30.7 Å². The first-order valence-electron chi connectivity index (χ1n) is 8.37. The predicted octanol–water partition coefficient (Wildman–Crippen LogP) is 3.42. The summed E-state index contributed by atoms with van der Waals surface area (Å²) in [5.74, 6) is -2.37. The second-order valence-corrected chi connectivity index (χ2v) is 5.64. The number of carbonyl (C=O) groups is 2. The molecule has 0 saturated heterocycles. The molecule has 0 spiro atoms. The molecule has 1 heterocycles. The quantitative estimate of drug-likeness (QED) is 0.605. The summed E-state index contributed by atoms with van der Waals surface area (Å²) in [6.45, 7) is 8.33. The van der Waals surface area contributed by atoms with Gasteiger partial charge in [0.05, 0.1) is 5.69 Å². The number of carboxylic acid groups (broad SMARTS) is 1. The third-order valence-electron chi connectivity index (χ3n) is 3.16. The SMILES string of the molecule is CC.CC(C)=O.[B]c1cc(-n2c(C(F)(F)F)ccc(C(=O)O)c2=O)c(C)cc1F. The zero-order valence-corrected chi connectivity index (χ0v) is 16.5. The Morgan fingerprint density at radius 2 is 1.59 bits per heavy atom. The van der Waals surface area contributed by atoms with Gasteiger partial charge < -0.3 is 9.90 Å². The van der Waals surface area contributed by atoms with E-state index < -0.39 is 40.2 Å². The minimum Gasteiger partial charge on any atom is -0.477 e. The van der Waals surface area contributed by atoms with Crippen molar-refractivity contribution in [2.24, 2.45) is 0 Å². The van der Waals surface area contributed by atoms with Crippen LogP contribution in [-0.2, 0) is 11.0 Å². The van der Waals surface area contributed by atoms with E-state index in [-0.39, 0.29) is 21.6 Å².